The third-order valence-electron chi connectivity index (χ3n) is 4.27. The molecule has 21 heavy (non-hydrogen) atoms. The molecule has 0 saturated heterocycles. The van der Waals surface area contributed by atoms with Gasteiger partial charge in [-0.05, 0) is 36.8 Å². The van der Waals surface area contributed by atoms with E-state index in [-0.39, 0.29) is 5.69 Å². The molecule has 1 aromatic carbocycles. The van der Waals surface area contributed by atoms with Crippen molar-refractivity contribution in [1.29, 1.82) is 0 Å². The Morgan fingerprint density at radius 1 is 1.43 bits per heavy atom. The molecule has 2 atom stereocenters. The van der Waals surface area contributed by atoms with E-state index in [4.69, 9.17) is 0 Å². The molecular weight excluding hydrogens is 268 g/mol. The van der Waals surface area contributed by atoms with Gasteiger partial charge in [0.25, 0.3) is 5.69 Å². The van der Waals surface area contributed by atoms with Crippen LogP contribution in [0.3, 0.4) is 0 Å². The number of benzene rings is 1. The van der Waals surface area contributed by atoms with E-state index in [0.29, 0.717) is 17.5 Å². The number of rotatable bonds is 6. The number of aldehydes is 1. The summed E-state index contributed by atoms with van der Waals surface area (Å²) in [7, 11) is 0. The van der Waals surface area contributed by atoms with E-state index < -0.39 is 4.92 Å². The molecule has 0 spiro atoms. The Labute approximate surface area is 124 Å². The van der Waals surface area contributed by atoms with Gasteiger partial charge in [-0.1, -0.05) is 26.2 Å². The fourth-order valence-electron chi connectivity index (χ4n) is 3.16. The van der Waals surface area contributed by atoms with E-state index in [1.165, 1.54) is 31.7 Å². The molecule has 2 rings (SSSR count). The predicted molar refractivity (Wildman–Crippen MR) is 82.7 cm³/mol. The first-order chi connectivity index (χ1) is 10.1. The number of nitro benzene ring substituents is 1. The number of carbonyl (C=O) groups excluding carboxylic acids is 1. The fraction of sp³-hybridized carbons (Fsp3) is 0.562. The van der Waals surface area contributed by atoms with E-state index in [1.807, 2.05) is 0 Å². The van der Waals surface area contributed by atoms with Crippen LogP contribution >= 0.6 is 0 Å². The summed E-state index contributed by atoms with van der Waals surface area (Å²) in [5.74, 6) is 1.51. The Hall–Kier alpha value is -1.91. The van der Waals surface area contributed by atoms with Crippen molar-refractivity contribution in [2.24, 2.45) is 11.8 Å². The zero-order chi connectivity index (χ0) is 15.2. The number of hydrogen-bond acceptors (Lipinski definition) is 4. The van der Waals surface area contributed by atoms with E-state index in [2.05, 4.69) is 12.2 Å². The Bertz CT molecular complexity index is 516. The lowest BCUT2D eigenvalue weighted by Gasteiger charge is -2.26. The third-order valence-corrected chi connectivity index (χ3v) is 4.27. The molecule has 0 aromatic heterocycles. The maximum atomic E-state index is 11.0. The minimum atomic E-state index is -0.446. The Morgan fingerprint density at radius 2 is 2.24 bits per heavy atom. The normalized spacial score (nSPS) is 21.8. The smallest absolute Gasteiger partial charge is 0.293 e. The molecule has 1 fully saturated rings. The lowest BCUT2D eigenvalue weighted by atomic mass is 9.81. The lowest BCUT2D eigenvalue weighted by Crippen LogP contribution is -2.16. The Kier molecular flexibility index (Phi) is 5.31. The summed E-state index contributed by atoms with van der Waals surface area (Å²) in [6.45, 7) is 3.03. The van der Waals surface area contributed by atoms with Gasteiger partial charge < -0.3 is 5.32 Å². The topological polar surface area (TPSA) is 72.2 Å². The van der Waals surface area contributed by atoms with E-state index in [0.717, 1.165) is 24.8 Å². The second-order valence-electron chi connectivity index (χ2n) is 6.00. The summed E-state index contributed by atoms with van der Waals surface area (Å²) in [6, 6.07) is 4.54. The van der Waals surface area contributed by atoms with Gasteiger partial charge in [-0.15, -0.1) is 0 Å². The number of carbonyl (C=O) groups is 1. The zero-order valence-corrected chi connectivity index (χ0v) is 12.4. The molecule has 1 aliphatic carbocycles. The molecule has 1 aliphatic rings. The van der Waals surface area contributed by atoms with Crippen LogP contribution in [0.25, 0.3) is 0 Å². The second kappa shape index (κ2) is 7.20. The van der Waals surface area contributed by atoms with Crippen molar-refractivity contribution in [3.63, 3.8) is 0 Å². The molecule has 114 valence electrons. The molecule has 1 saturated carbocycles. The van der Waals surface area contributed by atoms with Crippen LogP contribution in [-0.4, -0.2) is 17.8 Å². The van der Waals surface area contributed by atoms with Gasteiger partial charge in [-0.2, -0.15) is 0 Å². The summed E-state index contributed by atoms with van der Waals surface area (Å²) in [6.07, 6.45) is 6.80. The zero-order valence-electron chi connectivity index (χ0n) is 12.4. The van der Waals surface area contributed by atoms with Crippen LogP contribution in [-0.2, 0) is 0 Å². The van der Waals surface area contributed by atoms with E-state index >= 15 is 0 Å². The van der Waals surface area contributed by atoms with Gasteiger partial charge in [0.2, 0.25) is 0 Å². The fourth-order valence-corrected chi connectivity index (χ4v) is 3.16. The van der Waals surface area contributed by atoms with Gasteiger partial charge in [-0.3, -0.25) is 14.9 Å². The molecule has 1 N–H and O–H groups in total. The van der Waals surface area contributed by atoms with Crippen LogP contribution in [0.15, 0.2) is 18.2 Å². The van der Waals surface area contributed by atoms with Crippen LogP contribution in [0.4, 0.5) is 11.4 Å². The van der Waals surface area contributed by atoms with Crippen molar-refractivity contribution in [2.75, 3.05) is 11.9 Å². The number of nitrogens with one attached hydrogen (secondary N) is 1. The SMILES string of the molecule is CC1CCCC(CCNc2ccc(C=O)cc2[N+](=O)[O-])C1. The average Bonchev–Trinajstić information content (AvgIpc) is 2.47. The van der Waals surface area contributed by atoms with Gasteiger partial charge in [0.05, 0.1) is 4.92 Å². The lowest BCUT2D eigenvalue weighted by molar-refractivity contribution is -0.384. The first-order valence-corrected chi connectivity index (χ1v) is 7.57. The highest BCUT2D eigenvalue weighted by molar-refractivity contribution is 5.79. The van der Waals surface area contributed by atoms with Gasteiger partial charge >= 0.3 is 0 Å². The molecule has 0 bridgehead atoms. The minimum Gasteiger partial charge on any atom is -0.379 e. The molecule has 5 nitrogen and oxygen atoms in total. The summed E-state index contributed by atoms with van der Waals surface area (Å²) < 4.78 is 0. The molecule has 1 aromatic rings. The monoisotopic (exact) mass is 290 g/mol. The maximum absolute atomic E-state index is 11.0. The molecular formula is C16H22N2O3. The molecule has 0 heterocycles. The van der Waals surface area contributed by atoms with Crippen molar-refractivity contribution in [1.82, 2.24) is 0 Å². The van der Waals surface area contributed by atoms with Crippen LogP contribution in [0.5, 0.6) is 0 Å². The number of nitrogens with zero attached hydrogens (tertiary/aromatic N) is 1. The van der Waals surface area contributed by atoms with Crippen molar-refractivity contribution in [3.05, 3.63) is 33.9 Å². The van der Waals surface area contributed by atoms with Crippen molar-refractivity contribution in [2.45, 2.75) is 39.0 Å². The third kappa shape index (κ3) is 4.28. The average molecular weight is 290 g/mol. The summed E-state index contributed by atoms with van der Waals surface area (Å²) >= 11 is 0. The highest BCUT2D eigenvalue weighted by Gasteiger charge is 2.19. The standard InChI is InChI=1S/C16H22N2O3/c1-12-3-2-4-13(9-12)7-8-17-15-6-5-14(11-19)10-16(15)18(20)21/h5-6,10-13,17H,2-4,7-9H2,1H3. The van der Waals surface area contributed by atoms with Crippen LogP contribution in [0.1, 0.15) is 49.4 Å². The van der Waals surface area contributed by atoms with E-state index in [9.17, 15) is 14.9 Å². The van der Waals surface area contributed by atoms with Gasteiger partial charge in [-0.25, -0.2) is 0 Å². The van der Waals surface area contributed by atoms with Gasteiger partial charge in [0.15, 0.2) is 0 Å². The molecule has 0 amide bonds. The van der Waals surface area contributed by atoms with Crippen molar-refractivity contribution < 1.29 is 9.72 Å². The first-order valence-electron chi connectivity index (χ1n) is 7.57. The van der Waals surface area contributed by atoms with Crippen LogP contribution in [0.2, 0.25) is 0 Å². The predicted octanol–water partition coefficient (Wildman–Crippen LogP) is 4.04. The molecule has 2 unspecified atom stereocenters. The molecule has 5 heteroatoms. The molecule has 0 aliphatic heterocycles. The van der Waals surface area contributed by atoms with Crippen molar-refractivity contribution in [3.8, 4) is 0 Å². The largest absolute Gasteiger partial charge is 0.379 e. The van der Waals surface area contributed by atoms with Crippen LogP contribution < -0.4 is 5.32 Å². The highest BCUT2D eigenvalue weighted by atomic mass is 16.6. The first kappa shape index (κ1) is 15.5. The molecule has 0 radical (unpaired) electrons. The summed E-state index contributed by atoms with van der Waals surface area (Å²) in [5.41, 5.74) is 0.791. The quantitative estimate of drug-likeness (QED) is 0.487. The number of nitro groups is 1. The second-order valence-corrected chi connectivity index (χ2v) is 6.00. The van der Waals surface area contributed by atoms with Gasteiger partial charge in [0, 0.05) is 18.2 Å². The van der Waals surface area contributed by atoms with Crippen molar-refractivity contribution >= 4 is 17.7 Å². The summed E-state index contributed by atoms with van der Waals surface area (Å²) in [5, 5.41) is 14.2. The number of anilines is 1. The Balaban J connectivity index is 1.93. The van der Waals surface area contributed by atoms with Gasteiger partial charge in [0.1, 0.15) is 12.0 Å². The Morgan fingerprint density at radius 3 is 2.90 bits per heavy atom. The highest BCUT2D eigenvalue weighted by Crippen LogP contribution is 2.31. The number of hydrogen-bond donors (Lipinski definition) is 1. The maximum Gasteiger partial charge on any atom is 0.293 e. The minimum absolute atomic E-state index is 0.0309. The van der Waals surface area contributed by atoms with E-state index in [1.54, 1.807) is 12.1 Å². The van der Waals surface area contributed by atoms with Crippen LogP contribution in [0, 0.1) is 22.0 Å². The summed E-state index contributed by atoms with van der Waals surface area (Å²) in [4.78, 5) is 21.3.